The lowest BCUT2D eigenvalue weighted by Gasteiger charge is -2.49. The molecule has 3 rings (SSSR count). The second kappa shape index (κ2) is 7.20. The monoisotopic (exact) mass is 382 g/mol. The van der Waals surface area contributed by atoms with Gasteiger partial charge in [0.1, 0.15) is 17.1 Å². The summed E-state index contributed by atoms with van der Waals surface area (Å²) in [6.07, 6.45) is 0.222. The number of amides is 2. The highest BCUT2D eigenvalue weighted by atomic mass is 35.5. The van der Waals surface area contributed by atoms with Crippen LogP contribution in [0.15, 0.2) is 28.8 Å². The van der Waals surface area contributed by atoms with E-state index in [1.54, 1.807) is 0 Å². The summed E-state index contributed by atoms with van der Waals surface area (Å²) in [4.78, 5) is 38.6. The molecule has 2 radical (unpaired) electrons. The Hall–Kier alpha value is -1.45. The van der Waals surface area contributed by atoms with Gasteiger partial charge in [-0.05, 0) is 17.0 Å². The molecule has 0 aliphatic carbocycles. The molecule has 10 heteroatoms. The van der Waals surface area contributed by atoms with E-state index in [1.807, 2.05) is 17.5 Å². The summed E-state index contributed by atoms with van der Waals surface area (Å²) in [7, 11) is 4.95. The van der Waals surface area contributed by atoms with Crippen molar-refractivity contribution in [3.8, 4) is 0 Å². The zero-order chi connectivity index (χ0) is 17.3. The Kier molecular flexibility index (Phi) is 5.22. The molecular weight excluding hydrogens is 371 g/mol. The van der Waals surface area contributed by atoms with E-state index < -0.39 is 12.0 Å². The van der Waals surface area contributed by atoms with Crippen molar-refractivity contribution < 1.29 is 19.0 Å². The third-order valence-corrected chi connectivity index (χ3v) is 6.28. The van der Waals surface area contributed by atoms with Crippen LogP contribution in [-0.4, -0.2) is 53.8 Å². The van der Waals surface area contributed by atoms with E-state index >= 15 is 0 Å². The average Bonchev–Trinajstić information content (AvgIpc) is 3.10. The molecule has 24 heavy (non-hydrogen) atoms. The molecule has 2 aliphatic rings. The van der Waals surface area contributed by atoms with Crippen molar-refractivity contribution in [2.45, 2.75) is 17.8 Å². The molecule has 2 atom stereocenters. The van der Waals surface area contributed by atoms with E-state index in [2.05, 4.69) is 9.97 Å². The average molecular weight is 383 g/mol. The minimum absolute atomic E-state index is 0.0880. The first kappa shape index (κ1) is 17.4. The van der Waals surface area contributed by atoms with E-state index in [0.29, 0.717) is 11.3 Å². The number of thiophene rings is 1. The lowest BCUT2D eigenvalue weighted by atomic mass is 10.0. The number of carbonyl (C=O) groups excluding carboxylic acids is 3. The maximum absolute atomic E-state index is 12.4. The molecule has 1 fully saturated rings. The summed E-state index contributed by atoms with van der Waals surface area (Å²) < 4.78 is 4.26. The first-order valence-electron chi connectivity index (χ1n) is 7.02. The fourth-order valence-electron chi connectivity index (χ4n) is 2.63. The summed E-state index contributed by atoms with van der Waals surface area (Å²) >= 11 is 8.76. The highest BCUT2D eigenvalue weighted by Crippen LogP contribution is 2.40. The lowest BCUT2D eigenvalue weighted by molar-refractivity contribution is -0.149. The number of alkyl halides is 1. The maximum atomic E-state index is 12.4. The van der Waals surface area contributed by atoms with Gasteiger partial charge in [-0.25, -0.2) is 4.79 Å². The van der Waals surface area contributed by atoms with Crippen LogP contribution >= 0.6 is 34.7 Å². The molecule has 1 aromatic heterocycles. The summed E-state index contributed by atoms with van der Waals surface area (Å²) in [5.74, 6) is -0.822. The van der Waals surface area contributed by atoms with Gasteiger partial charge in [-0.2, -0.15) is 0 Å². The van der Waals surface area contributed by atoms with Crippen molar-refractivity contribution >= 4 is 60.5 Å². The molecule has 3 heterocycles. The quantitative estimate of drug-likeness (QED) is 0.463. The number of halogens is 1. The van der Waals surface area contributed by atoms with Gasteiger partial charge < -0.3 is 9.97 Å². The number of hydrogen-bond donors (Lipinski definition) is 1. The molecular formula is C14H12BClN2O4S2. The summed E-state index contributed by atoms with van der Waals surface area (Å²) in [5.41, 5.74) is 0.676. The SMILES string of the molecule is [B]OC(=O)C1=C(CCl)CS[C@@H]2[C@H](NC(=O)Cc3cccs3)C(=O)N12. The topological polar surface area (TPSA) is 75.7 Å². The molecule has 0 saturated carbocycles. The van der Waals surface area contributed by atoms with Gasteiger partial charge in [0.2, 0.25) is 5.91 Å². The van der Waals surface area contributed by atoms with E-state index in [-0.39, 0.29) is 35.2 Å². The van der Waals surface area contributed by atoms with Gasteiger partial charge in [0.15, 0.2) is 0 Å². The van der Waals surface area contributed by atoms with Gasteiger partial charge in [0, 0.05) is 16.5 Å². The van der Waals surface area contributed by atoms with Crippen LogP contribution in [-0.2, 0) is 25.5 Å². The Balaban J connectivity index is 1.71. The molecule has 2 amide bonds. The molecule has 0 bridgehead atoms. The second-order valence-electron chi connectivity index (χ2n) is 5.20. The van der Waals surface area contributed by atoms with Gasteiger partial charge in [-0.3, -0.25) is 14.5 Å². The Morgan fingerprint density at radius 2 is 2.29 bits per heavy atom. The van der Waals surface area contributed by atoms with Gasteiger partial charge >= 0.3 is 14.0 Å². The summed E-state index contributed by atoms with van der Waals surface area (Å²) in [6.45, 7) is 0. The predicted molar refractivity (Wildman–Crippen MR) is 92.6 cm³/mol. The van der Waals surface area contributed by atoms with E-state index in [4.69, 9.17) is 19.7 Å². The van der Waals surface area contributed by atoms with Crippen LogP contribution in [0.3, 0.4) is 0 Å². The molecule has 1 saturated heterocycles. The van der Waals surface area contributed by atoms with Gasteiger partial charge in [0.05, 0.1) is 6.42 Å². The van der Waals surface area contributed by atoms with Gasteiger partial charge in [-0.15, -0.1) is 34.7 Å². The van der Waals surface area contributed by atoms with E-state index in [9.17, 15) is 14.4 Å². The standard InChI is InChI=1S/C14H12BClN2O4S2/c15-22-14(21)11-7(5-16)6-24-13-10(12(20)18(11)13)17-9(19)4-8-2-1-3-23-8/h1-3,10,13H,4-6H2,(H,17,19)/t10-,13-/m1/s1. The molecule has 1 N–H and O–H groups in total. The number of nitrogens with zero attached hydrogens (tertiary/aromatic N) is 1. The van der Waals surface area contributed by atoms with Crippen molar-refractivity contribution in [3.05, 3.63) is 33.7 Å². The normalized spacial score (nSPS) is 22.7. The molecule has 0 aromatic carbocycles. The highest BCUT2D eigenvalue weighted by Gasteiger charge is 2.54. The number of thioether (sulfide) groups is 1. The zero-order valence-electron chi connectivity index (χ0n) is 12.4. The molecule has 6 nitrogen and oxygen atoms in total. The van der Waals surface area contributed by atoms with Crippen molar-refractivity contribution in [1.82, 2.24) is 10.2 Å². The van der Waals surface area contributed by atoms with Crippen LogP contribution in [0.5, 0.6) is 0 Å². The van der Waals surface area contributed by atoms with Crippen LogP contribution in [0, 0.1) is 0 Å². The number of fused-ring (bicyclic) bond motifs is 1. The highest BCUT2D eigenvalue weighted by molar-refractivity contribution is 8.00. The Bertz CT molecular complexity index is 710. The van der Waals surface area contributed by atoms with Crippen molar-refractivity contribution in [2.75, 3.05) is 11.6 Å². The Labute approximate surface area is 153 Å². The van der Waals surface area contributed by atoms with Crippen molar-refractivity contribution in [3.63, 3.8) is 0 Å². The third kappa shape index (κ3) is 3.08. The first-order valence-corrected chi connectivity index (χ1v) is 9.48. The minimum Gasteiger partial charge on any atom is -0.539 e. The second-order valence-corrected chi connectivity index (χ2v) is 7.61. The Morgan fingerprint density at radius 1 is 1.50 bits per heavy atom. The number of carbonyl (C=O) groups is 3. The van der Waals surface area contributed by atoms with Crippen LogP contribution in [0.25, 0.3) is 0 Å². The van der Waals surface area contributed by atoms with Gasteiger partial charge in [-0.1, -0.05) is 6.07 Å². The van der Waals surface area contributed by atoms with Crippen molar-refractivity contribution in [1.29, 1.82) is 0 Å². The predicted octanol–water partition coefficient (Wildman–Crippen LogP) is 0.810. The fourth-order valence-corrected chi connectivity index (χ4v) is 5.01. The van der Waals surface area contributed by atoms with Crippen molar-refractivity contribution in [2.24, 2.45) is 0 Å². The number of rotatable bonds is 5. The first-order chi connectivity index (χ1) is 11.6. The smallest absolute Gasteiger partial charge is 0.378 e. The Morgan fingerprint density at radius 3 is 2.92 bits per heavy atom. The largest absolute Gasteiger partial charge is 0.539 e. The van der Waals surface area contributed by atoms with Crippen LogP contribution in [0.1, 0.15) is 4.88 Å². The van der Waals surface area contributed by atoms with Crippen LogP contribution in [0.4, 0.5) is 0 Å². The van der Waals surface area contributed by atoms with E-state index in [0.717, 1.165) is 4.88 Å². The molecule has 1 aromatic rings. The summed E-state index contributed by atoms with van der Waals surface area (Å²) in [5, 5.41) is 4.26. The number of hydrogen-bond acceptors (Lipinski definition) is 6. The zero-order valence-corrected chi connectivity index (χ0v) is 14.7. The fraction of sp³-hybridized carbons (Fsp3) is 0.357. The summed E-state index contributed by atoms with van der Waals surface area (Å²) in [6, 6.07) is 3.06. The molecule has 2 aliphatic heterocycles. The van der Waals surface area contributed by atoms with Crippen LogP contribution in [0.2, 0.25) is 0 Å². The number of β-lactam (4-membered cyclic amide) rings is 1. The molecule has 124 valence electrons. The third-order valence-electron chi connectivity index (χ3n) is 3.74. The maximum Gasteiger partial charge on any atom is 0.378 e. The molecule has 0 unspecified atom stereocenters. The lowest BCUT2D eigenvalue weighted by Crippen LogP contribution is -2.70. The van der Waals surface area contributed by atoms with Gasteiger partial charge in [0.25, 0.3) is 5.91 Å². The van der Waals surface area contributed by atoms with E-state index in [1.165, 1.54) is 28.0 Å². The molecule has 0 spiro atoms. The van der Waals surface area contributed by atoms with Crippen LogP contribution < -0.4 is 5.32 Å². The number of nitrogens with one attached hydrogen (secondary N) is 1. The minimum atomic E-state index is -0.798.